The zero-order chi connectivity index (χ0) is 8.55. The van der Waals surface area contributed by atoms with E-state index < -0.39 is 0 Å². The van der Waals surface area contributed by atoms with E-state index in [0.29, 0.717) is 0 Å². The first kappa shape index (κ1) is 7.47. The van der Waals surface area contributed by atoms with Crippen LogP contribution in [0.4, 0.5) is 5.82 Å². The highest BCUT2D eigenvalue weighted by Crippen LogP contribution is 2.26. The second-order valence-corrected chi connectivity index (χ2v) is 3.30. The smallest absolute Gasteiger partial charge is 0.111 e. The lowest BCUT2D eigenvalue weighted by molar-refractivity contribution is 1.13. The second-order valence-electron chi connectivity index (χ2n) is 3.30. The predicted octanol–water partition coefficient (Wildman–Crippen LogP) is 2.41. The molecule has 2 rings (SSSR count). The summed E-state index contributed by atoms with van der Waals surface area (Å²) in [6.07, 6.45) is 5.45. The van der Waals surface area contributed by atoms with Gasteiger partial charge in [0, 0.05) is 18.3 Å². The SMILES string of the molecule is CCc1c[nH]c2c1C=C(C)CN2. The molecule has 0 atom stereocenters. The molecule has 1 aromatic rings. The number of aromatic amines is 1. The molecule has 2 N–H and O–H groups in total. The summed E-state index contributed by atoms with van der Waals surface area (Å²) in [5.41, 5.74) is 4.15. The van der Waals surface area contributed by atoms with Crippen molar-refractivity contribution in [2.75, 3.05) is 11.9 Å². The minimum atomic E-state index is 0.969. The van der Waals surface area contributed by atoms with Crippen molar-refractivity contribution in [3.05, 3.63) is 22.9 Å². The van der Waals surface area contributed by atoms with Gasteiger partial charge in [0.15, 0.2) is 0 Å². The molecule has 2 nitrogen and oxygen atoms in total. The van der Waals surface area contributed by atoms with Gasteiger partial charge in [-0.1, -0.05) is 18.6 Å². The van der Waals surface area contributed by atoms with Crippen LogP contribution in [-0.2, 0) is 6.42 Å². The van der Waals surface area contributed by atoms with Crippen LogP contribution in [0, 0.1) is 0 Å². The molecule has 2 heteroatoms. The lowest BCUT2D eigenvalue weighted by Crippen LogP contribution is -2.08. The molecule has 12 heavy (non-hydrogen) atoms. The maximum Gasteiger partial charge on any atom is 0.111 e. The Labute approximate surface area is 72.7 Å². The van der Waals surface area contributed by atoms with Crippen LogP contribution in [0.5, 0.6) is 0 Å². The predicted molar refractivity (Wildman–Crippen MR) is 52.3 cm³/mol. The molecule has 0 spiro atoms. The van der Waals surface area contributed by atoms with Gasteiger partial charge in [-0.25, -0.2) is 0 Å². The monoisotopic (exact) mass is 162 g/mol. The molecular formula is C10H14N2. The molecule has 2 heterocycles. The molecule has 1 aromatic heterocycles. The zero-order valence-corrected chi connectivity index (χ0v) is 7.57. The number of hydrogen-bond acceptors (Lipinski definition) is 1. The van der Waals surface area contributed by atoms with Gasteiger partial charge in [0.2, 0.25) is 0 Å². The van der Waals surface area contributed by atoms with E-state index in [1.807, 2.05) is 0 Å². The van der Waals surface area contributed by atoms with Gasteiger partial charge in [-0.15, -0.1) is 0 Å². The maximum atomic E-state index is 3.34. The summed E-state index contributed by atoms with van der Waals surface area (Å²) in [6.45, 7) is 5.31. The summed E-state index contributed by atoms with van der Waals surface area (Å²) in [4.78, 5) is 3.24. The molecule has 0 radical (unpaired) electrons. The van der Waals surface area contributed by atoms with Crippen molar-refractivity contribution >= 4 is 11.9 Å². The Balaban J connectivity index is 2.49. The summed E-state index contributed by atoms with van der Waals surface area (Å²) < 4.78 is 0. The molecule has 0 saturated carbocycles. The fourth-order valence-corrected chi connectivity index (χ4v) is 1.60. The van der Waals surface area contributed by atoms with Gasteiger partial charge in [0.25, 0.3) is 0 Å². The fraction of sp³-hybridized carbons (Fsp3) is 0.400. The van der Waals surface area contributed by atoms with Gasteiger partial charge in [0.05, 0.1) is 0 Å². The molecule has 0 aromatic carbocycles. The largest absolute Gasteiger partial charge is 0.367 e. The third-order valence-electron chi connectivity index (χ3n) is 2.32. The van der Waals surface area contributed by atoms with E-state index in [2.05, 4.69) is 36.4 Å². The fourth-order valence-electron chi connectivity index (χ4n) is 1.60. The van der Waals surface area contributed by atoms with Gasteiger partial charge in [-0.2, -0.15) is 0 Å². The topological polar surface area (TPSA) is 27.8 Å². The Bertz CT molecular complexity index is 321. The highest BCUT2D eigenvalue weighted by molar-refractivity contribution is 5.72. The van der Waals surface area contributed by atoms with E-state index in [0.717, 1.165) is 13.0 Å². The minimum Gasteiger partial charge on any atom is -0.367 e. The second kappa shape index (κ2) is 2.70. The first-order chi connectivity index (χ1) is 5.81. The number of hydrogen-bond donors (Lipinski definition) is 2. The number of H-pyrrole nitrogens is 1. The van der Waals surface area contributed by atoms with Crippen LogP contribution in [0.2, 0.25) is 0 Å². The van der Waals surface area contributed by atoms with Gasteiger partial charge < -0.3 is 10.3 Å². The number of anilines is 1. The van der Waals surface area contributed by atoms with Gasteiger partial charge in [-0.05, 0) is 18.9 Å². The average molecular weight is 162 g/mol. The van der Waals surface area contributed by atoms with Gasteiger partial charge >= 0.3 is 0 Å². The molecule has 0 saturated heterocycles. The Morgan fingerprint density at radius 2 is 2.33 bits per heavy atom. The third-order valence-corrected chi connectivity index (χ3v) is 2.32. The number of nitrogens with one attached hydrogen (secondary N) is 2. The number of aromatic nitrogens is 1. The molecule has 0 fully saturated rings. The lowest BCUT2D eigenvalue weighted by atomic mass is 10.1. The van der Waals surface area contributed by atoms with E-state index >= 15 is 0 Å². The van der Waals surface area contributed by atoms with Crippen molar-refractivity contribution in [1.82, 2.24) is 4.98 Å². The average Bonchev–Trinajstić information content (AvgIpc) is 2.46. The Morgan fingerprint density at radius 1 is 1.50 bits per heavy atom. The van der Waals surface area contributed by atoms with Crippen molar-refractivity contribution in [1.29, 1.82) is 0 Å². The molecule has 64 valence electrons. The van der Waals surface area contributed by atoms with E-state index in [9.17, 15) is 0 Å². The lowest BCUT2D eigenvalue weighted by Gasteiger charge is -2.13. The van der Waals surface area contributed by atoms with Gasteiger partial charge in [0.1, 0.15) is 5.82 Å². The van der Waals surface area contributed by atoms with E-state index in [1.54, 1.807) is 0 Å². The third kappa shape index (κ3) is 1.04. The minimum absolute atomic E-state index is 0.969. The van der Waals surface area contributed by atoms with Crippen LogP contribution in [0.3, 0.4) is 0 Å². The normalized spacial score (nSPS) is 15.0. The van der Waals surface area contributed by atoms with Crippen LogP contribution in [0.25, 0.3) is 6.08 Å². The summed E-state index contributed by atoms with van der Waals surface area (Å²) >= 11 is 0. The summed E-state index contributed by atoms with van der Waals surface area (Å²) in [5, 5.41) is 3.34. The highest BCUT2D eigenvalue weighted by Gasteiger charge is 2.11. The standard InChI is InChI=1S/C10H14N2/c1-3-8-6-12-10-9(8)4-7(2)5-11-10/h4,6,11-12H,3,5H2,1-2H3. The number of fused-ring (bicyclic) bond motifs is 1. The summed E-state index contributed by atoms with van der Waals surface area (Å²) in [5.74, 6) is 1.18. The number of rotatable bonds is 1. The van der Waals surface area contributed by atoms with Crippen LogP contribution in [0.15, 0.2) is 11.8 Å². The van der Waals surface area contributed by atoms with Crippen molar-refractivity contribution in [3.63, 3.8) is 0 Å². The summed E-state index contributed by atoms with van der Waals surface area (Å²) in [6, 6.07) is 0. The van der Waals surface area contributed by atoms with Crippen molar-refractivity contribution in [2.24, 2.45) is 0 Å². The van der Waals surface area contributed by atoms with Crippen molar-refractivity contribution < 1.29 is 0 Å². The molecular weight excluding hydrogens is 148 g/mol. The molecule has 1 aliphatic heterocycles. The van der Waals surface area contributed by atoms with Gasteiger partial charge in [-0.3, -0.25) is 0 Å². The van der Waals surface area contributed by atoms with Crippen LogP contribution < -0.4 is 5.32 Å². The molecule has 0 unspecified atom stereocenters. The molecule has 0 aliphatic carbocycles. The van der Waals surface area contributed by atoms with Crippen LogP contribution in [0.1, 0.15) is 25.0 Å². The first-order valence-corrected chi connectivity index (χ1v) is 4.42. The van der Waals surface area contributed by atoms with E-state index in [1.165, 1.54) is 22.5 Å². The van der Waals surface area contributed by atoms with Crippen molar-refractivity contribution in [3.8, 4) is 0 Å². The van der Waals surface area contributed by atoms with Crippen LogP contribution in [-0.4, -0.2) is 11.5 Å². The quantitative estimate of drug-likeness (QED) is 0.652. The molecule has 0 amide bonds. The zero-order valence-electron chi connectivity index (χ0n) is 7.57. The molecule has 0 bridgehead atoms. The van der Waals surface area contributed by atoms with Crippen molar-refractivity contribution in [2.45, 2.75) is 20.3 Å². The van der Waals surface area contributed by atoms with E-state index in [4.69, 9.17) is 0 Å². The molecule has 1 aliphatic rings. The Hall–Kier alpha value is -1.18. The maximum absolute atomic E-state index is 3.34. The Kier molecular flexibility index (Phi) is 1.68. The number of aryl methyl sites for hydroxylation is 1. The first-order valence-electron chi connectivity index (χ1n) is 4.42. The highest BCUT2D eigenvalue weighted by atomic mass is 15.0. The van der Waals surface area contributed by atoms with Crippen LogP contribution >= 0.6 is 0 Å². The summed E-state index contributed by atoms with van der Waals surface area (Å²) in [7, 11) is 0. The van der Waals surface area contributed by atoms with E-state index in [-0.39, 0.29) is 0 Å². The Morgan fingerprint density at radius 3 is 3.08 bits per heavy atom.